The Morgan fingerprint density at radius 3 is 1.53 bits per heavy atom. The lowest BCUT2D eigenvalue weighted by atomic mass is 10.0. The van der Waals surface area contributed by atoms with Gasteiger partial charge in [0.1, 0.15) is 30.8 Å². The smallest absolute Gasteiger partial charge is 0.326 e. The third-order valence-corrected chi connectivity index (χ3v) is 9.96. The Bertz CT molecular complexity index is 1080. The number of amides is 3. The van der Waals surface area contributed by atoms with Gasteiger partial charge in [0.15, 0.2) is 0 Å². The number of carbonyl (C=O) groups excluding carboxylic acids is 5. The molecule has 58 heavy (non-hydrogen) atoms. The number of unbranched alkanes of at least 4 members (excludes halogenated alkanes) is 15. The summed E-state index contributed by atoms with van der Waals surface area (Å²) in [5.41, 5.74) is 0. The Balaban J connectivity index is 3.65. The summed E-state index contributed by atoms with van der Waals surface area (Å²) in [7, 11) is 0. The van der Waals surface area contributed by atoms with Gasteiger partial charge in [-0.25, -0.2) is 4.79 Å². The van der Waals surface area contributed by atoms with E-state index in [1.807, 2.05) is 6.92 Å². The first kappa shape index (κ1) is 55.1. The van der Waals surface area contributed by atoms with Gasteiger partial charge in [0.2, 0.25) is 17.7 Å². The van der Waals surface area contributed by atoms with E-state index in [9.17, 15) is 33.9 Å². The van der Waals surface area contributed by atoms with E-state index in [1.54, 1.807) is 6.92 Å². The molecule has 0 saturated heterocycles. The molecule has 0 aromatic carbocycles. The predicted octanol–water partition coefficient (Wildman–Crippen LogP) is 6.64. The lowest BCUT2D eigenvalue weighted by molar-refractivity contribution is -0.142. The number of rotatable bonds is 44. The minimum atomic E-state index is -1.13. The van der Waals surface area contributed by atoms with Crippen LogP contribution in [0, 0.1) is 5.92 Å². The SMILES string of the molecule is CCCCCCCCCCCCCCCCCC(=O)NC(CCC(=O)CCCOCCOCC(=O)NCCOCCOCC(=O)NCCCC[C@H](C)C(C)=O)C(=O)O. The Labute approximate surface area is 349 Å². The third-order valence-electron chi connectivity index (χ3n) is 9.96. The van der Waals surface area contributed by atoms with Crippen LogP contribution >= 0.6 is 0 Å². The molecule has 14 nitrogen and oxygen atoms in total. The molecule has 0 fully saturated rings. The van der Waals surface area contributed by atoms with E-state index in [4.69, 9.17) is 18.9 Å². The van der Waals surface area contributed by atoms with Crippen LogP contribution in [0.3, 0.4) is 0 Å². The average molecular weight is 828 g/mol. The van der Waals surface area contributed by atoms with Crippen molar-refractivity contribution >= 4 is 35.3 Å². The highest BCUT2D eigenvalue weighted by Gasteiger charge is 2.20. The first-order valence-electron chi connectivity index (χ1n) is 22.4. The van der Waals surface area contributed by atoms with E-state index in [-0.39, 0.29) is 101 Å². The zero-order chi connectivity index (χ0) is 42.9. The largest absolute Gasteiger partial charge is 0.480 e. The molecular weight excluding hydrogens is 746 g/mol. The molecule has 0 aliphatic carbocycles. The van der Waals surface area contributed by atoms with Gasteiger partial charge in [-0.15, -0.1) is 0 Å². The normalized spacial score (nSPS) is 12.2. The summed E-state index contributed by atoms with van der Waals surface area (Å²) in [5.74, 6) is -1.76. The number of Topliss-reactive ketones (excluding diaryl/α,β-unsaturated/α-hetero) is 2. The maximum atomic E-state index is 12.3. The summed E-state index contributed by atoms with van der Waals surface area (Å²) in [6.45, 7) is 8.03. The van der Waals surface area contributed by atoms with Crippen LogP contribution < -0.4 is 16.0 Å². The summed E-state index contributed by atoms with van der Waals surface area (Å²) in [6.07, 6.45) is 22.3. The molecule has 0 rings (SSSR count). The van der Waals surface area contributed by atoms with Crippen molar-refractivity contribution in [3.63, 3.8) is 0 Å². The van der Waals surface area contributed by atoms with Gasteiger partial charge in [-0.05, 0) is 39.0 Å². The average Bonchev–Trinajstić information content (AvgIpc) is 3.19. The lowest BCUT2D eigenvalue weighted by Gasteiger charge is -2.14. The second-order valence-corrected chi connectivity index (χ2v) is 15.4. The molecule has 14 heteroatoms. The number of carboxylic acids is 1. The van der Waals surface area contributed by atoms with Crippen molar-refractivity contribution in [2.75, 3.05) is 65.9 Å². The second-order valence-electron chi connectivity index (χ2n) is 15.4. The number of ketones is 2. The highest BCUT2D eigenvalue weighted by Crippen LogP contribution is 2.14. The minimum Gasteiger partial charge on any atom is -0.480 e. The molecular formula is C44H81N3O11. The van der Waals surface area contributed by atoms with Gasteiger partial charge >= 0.3 is 5.97 Å². The standard InChI is InChI=1S/C44H81N3O11/c1-4-5-6-7-8-9-10-11-12-13-14-15-16-17-18-24-41(50)47-40(44(53)54)26-25-39(49)23-21-29-55-31-33-57-36-43(52)46-28-30-56-32-34-58-35-42(51)45-27-20-19-22-37(2)38(3)48/h37,40H,4-36H2,1-3H3,(H,45,51)(H,46,52)(H,47,50)(H,53,54)/t37-,40?/m0/s1. The molecule has 0 aromatic rings. The summed E-state index contributed by atoms with van der Waals surface area (Å²) in [4.78, 5) is 71.2. The molecule has 0 aliphatic heterocycles. The lowest BCUT2D eigenvalue weighted by Crippen LogP contribution is -2.41. The molecule has 0 aliphatic rings. The van der Waals surface area contributed by atoms with Crippen molar-refractivity contribution < 1.29 is 52.8 Å². The number of hydrogen-bond donors (Lipinski definition) is 4. The summed E-state index contributed by atoms with van der Waals surface area (Å²) < 4.78 is 21.4. The Morgan fingerprint density at radius 2 is 1.00 bits per heavy atom. The second kappa shape index (κ2) is 40.8. The van der Waals surface area contributed by atoms with Crippen molar-refractivity contribution in [3.8, 4) is 0 Å². The van der Waals surface area contributed by atoms with Crippen molar-refractivity contribution in [1.82, 2.24) is 16.0 Å². The highest BCUT2D eigenvalue weighted by atomic mass is 16.5. The maximum absolute atomic E-state index is 12.3. The first-order valence-corrected chi connectivity index (χ1v) is 22.4. The zero-order valence-electron chi connectivity index (χ0n) is 36.5. The van der Waals surface area contributed by atoms with Crippen LogP contribution in [0.2, 0.25) is 0 Å². The summed E-state index contributed by atoms with van der Waals surface area (Å²) in [6, 6.07) is -1.08. The van der Waals surface area contributed by atoms with E-state index in [2.05, 4.69) is 22.9 Å². The van der Waals surface area contributed by atoms with Crippen LogP contribution in [-0.2, 0) is 47.7 Å². The van der Waals surface area contributed by atoms with Gasteiger partial charge in [-0.1, -0.05) is 110 Å². The number of aliphatic carboxylic acids is 1. The molecule has 338 valence electrons. The van der Waals surface area contributed by atoms with Crippen LogP contribution in [0.4, 0.5) is 0 Å². The topological polar surface area (TPSA) is 196 Å². The van der Waals surface area contributed by atoms with Crippen molar-refractivity contribution in [3.05, 3.63) is 0 Å². The molecule has 0 spiro atoms. The summed E-state index contributed by atoms with van der Waals surface area (Å²) in [5, 5.41) is 17.6. The predicted molar refractivity (Wildman–Crippen MR) is 226 cm³/mol. The molecule has 2 atom stereocenters. The fourth-order valence-corrected chi connectivity index (χ4v) is 6.12. The van der Waals surface area contributed by atoms with Gasteiger partial charge in [-0.3, -0.25) is 24.0 Å². The Hall–Kier alpha value is -2.94. The van der Waals surface area contributed by atoms with Gasteiger partial charge < -0.3 is 40.0 Å². The van der Waals surface area contributed by atoms with E-state index < -0.39 is 12.0 Å². The number of nitrogens with one attached hydrogen (secondary N) is 3. The van der Waals surface area contributed by atoms with Gasteiger partial charge in [0, 0.05) is 44.9 Å². The zero-order valence-corrected chi connectivity index (χ0v) is 36.5. The molecule has 0 heterocycles. The van der Waals surface area contributed by atoms with Gasteiger partial charge in [0.25, 0.3) is 0 Å². The minimum absolute atomic E-state index is 0.0541. The van der Waals surface area contributed by atoms with E-state index >= 15 is 0 Å². The van der Waals surface area contributed by atoms with Crippen LogP contribution in [0.15, 0.2) is 0 Å². The van der Waals surface area contributed by atoms with Crippen LogP contribution in [0.1, 0.15) is 168 Å². The number of hydrogen-bond acceptors (Lipinski definition) is 10. The first-order chi connectivity index (χ1) is 28.1. The monoisotopic (exact) mass is 828 g/mol. The van der Waals surface area contributed by atoms with Crippen molar-refractivity contribution in [2.45, 2.75) is 174 Å². The third kappa shape index (κ3) is 38.6. The summed E-state index contributed by atoms with van der Waals surface area (Å²) >= 11 is 0. The van der Waals surface area contributed by atoms with Crippen LogP contribution in [0.5, 0.6) is 0 Å². The van der Waals surface area contributed by atoms with E-state index in [0.717, 1.165) is 38.5 Å². The number of carbonyl (C=O) groups is 6. The molecule has 4 N–H and O–H groups in total. The van der Waals surface area contributed by atoms with E-state index in [1.165, 1.54) is 77.0 Å². The number of carboxylic acid groups (broad SMARTS) is 1. The maximum Gasteiger partial charge on any atom is 0.326 e. The van der Waals surface area contributed by atoms with Crippen LogP contribution in [-0.4, -0.2) is 112 Å². The molecule has 0 aromatic heterocycles. The van der Waals surface area contributed by atoms with E-state index in [0.29, 0.717) is 32.5 Å². The molecule has 0 bridgehead atoms. The van der Waals surface area contributed by atoms with Gasteiger partial charge in [0.05, 0.1) is 33.0 Å². The van der Waals surface area contributed by atoms with Gasteiger partial charge in [-0.2, -0.15) is 0 Å². The highest BCUT2D eigenvalue weighted by molar-refractivity contribution is 5.84. The molecule has 1 unspecified atom stereocenters. The molecule has 0 radical (unpaired) electrons. The van der Waals surface area contributed by atoms with Crippen molar-refractivity contribution in [1.29, 1.82) is 0 Å². The molecule has 3 amide bonds. The fourth-order valence-electron chi connectivity index (χ4n) is 6.12. The molecule has 0 saturated carbocycles. The fraction of sp³-hybridized carbons (Fsp3) is 0.864. The van der Waals surface area contributed by atoms with Crippen molar-refractivity contribution in [2.24, 2.45) is 5.92 Å². The Morgan fingerprint density at radius 1 is 0.500 bits per heavy atom. The van der Waals surface area contributed by atoms with Crippen LogP contribution in [0.25, 0.3) is 0 Å². The number of ether oxygens (including phenoxy) is 4. The quantitative estimate of drug-likeness (QED) is 0.0481. The Kier molecular flexibility index (Phi) is 38.8.